The van der Waals surface area contributed by atoms with Crippen LogP contribution >= 0.6 is 34.8 Å². The van der Waals surface area contributed by atoms with Gasteiger partial charge in [-0.05, 0) is 12.1 Å². The quantitative estimate of drug-likeness (QED) is 0.737. The van der Waals surface area contributed by atoms with Crippen LogP contribution in [0.15, 0.2) is 18.3 Å². The number of hydrogen-bond donors (Lipinski definition) is 0. The van der Waals surface area contributed by atoms with Crippen LogP contribution in [0.25, 0.3) is 11.5 Å². The minimum atomic E-state index is 0.160. The molecular formula is C9H6Cl3N3. The van der Waals surface area contributed by atoms with Crippen LogP contribution in [0.3, 0.4) is 0 Å². The van der Waals surface area contributed by atoms with Gasteiger partial charge < -0.3 is 4.57 Å². The van der Waals surface area contributed by atoms with Crippen LogP contribution in [0.1, 0.15) is 0 Å². The lowest BCUT2D eigenvalue weighted by Crippen LogP contribution is -1.96. The second-order valence-corrected chi connectivity index (χ2v) is 4.04. The zero-order chi connectivity index (χ0) is 11.0. The Labute approximate surface area is 102 Å². The Hall–Kier alpha value is -0.770. The third-order valence-electron chi connectivity index (χ3n) is 1.94. The summed E-state index contributed by atoms with van der Waals surface area (Å²) in [7, 11) is 1.88. The molecule has 0 saturated carbocycles. The van der Waals surface area contributed by atoms with Gasteiger partial charge in [-0.2, -0.15) is 0 Å². The standard InChI is InChI=1S/C9H6Cl3N3/c1-15-4-2-3-5(15)9-13-7(11)6(10)8(12)14-9/h2-4H,1H3. The van der Waals surface area contributed by atoms with Gasteiger partial charge in [0.15, 0.2) is 16.1 Å². The first kappa shape index (κ1) is 10.7. The zero-order valence-corrected chi connectivity index (χ0v) is 9.98. The molecule has 0 bridgehead atoms. The highest BCUT2D eigenvalue weighted by molar-refractivity contribution is 6.46. The van der Waals surface area contributed by atoms with Crippen LogP contribution in [-0.4, -0.2) is 14.5 Å². The summed E-state index contributed by atoms with van der Waals surface area (Å²) in [5.41, 5.74) is 0.829. The van der Waals surface area contributed by atoms with Crippen LogP contribution in [0.2, 0.25) is 15.3 Å². The van der Waals surface area contributed by atoms with Crippen molar-refractivity contribution in [3.63, 3.8) is 0 Å². The third-order valence-corrected chi connectivity index (χ3v) is 3.04. The minimum absolute atomic E-state index is 0.160. The summed E-state index contributed by atoms with van der Waals surface area (Å²) in [6, 6.07) is 3.75. The molecule has 0 radical (unpaired) electrons. The van der Waals surface area contributed by atoms with Gasteiger partial charge in [-0.15, -0.1) is 0 Å². The van der Waals surface area contributed by atoms with E-state index >= 15 is 0 Å². The van der Waals surface area contributed by atoms with Gasteiger partial charge in [-0.25, -0.2) is 9.97 Å². The van der Waals surface area contributed by atoms with Gasteiger partial charge in [0, 0.05) is 13.2 Å². The lowest BCUT2D eigenvalue weighted by molar-refractivity contribution is 0.921. The second kappa shape index (κ2) is 4.00. The first-order chi connectivity index (χ1) is 7.09. The highest BCUT2D eigenvalue weighted by Crippen LogP contribution is 2.29. The van der Waals surface area contributed by atoms with Crippen LogP contribution < -0.4 is 0 Å². The lowest BCUT2D eigenvalue weighted by Gasteiger charge is -2.04. The molecule has 2 aromatic rings. The molecule has 3 nitrogen and oxygen atoms in total. The Morgan fingerprint density at radius 2 is 1.73 bits per heavy atom. The fourth-order valence-electron chi connectivity index (χ4n) is 1.20. The number of rotatable bonds is 1. The average Bonchev–Trinajstić information content (AvgIpc) is 2.60. The van der Waals surface area contributed by atoms with E-state index in [9.17, 15) is 0 Å². The molecule has 0 aliphatic rings. The Morgan fingerprint density at radius 1 is 1.13 bits per heavy atom. The number of hydrogen-bond acceptors (Lipinski definition) is 2. The summed E-state index contributed by atoms with van der Waals surface area (Å²) in [5, 5.41) is 0.497. The van der Waals surface area contributed by atoms with Gasteiger partial charge in [0.05, 0.1) is 5.69 Å². The number of nitrogens with zero attached hydrogens (tertiary/aromatic N) is 3. The Balaban J connectivity index is 2.60. The first-order valence-electron chi connectivity index (χ1n) is 4.10. The topological polar surface area (TPSA) is 30.7 Å². The molecule has 0 amide bonds. The van der Waals surface area contributed by atoms with Crippen molar-refractivity contribution in [1.29, 1.82) is 0 Å². The second-order valence-electron chi connectivity index (χ2n) is 2.95. The normalized spacial score (nSPS) is 10.7. The summed E-state index contributed by atoms with van der Waals surface area (Å²) in [6.45, 7) is 0. The van der Waals surface area contributed by atoms with Gasteiger partial charge in [-0.3, -0.25) is 0 Å². The van der Waals surface area contributed by atoms with Crippen LogP contribution in [-0.2, 0) is 7.05 Å². The van der Waals surface area contributed by atoms with E-state index in [4.69, 9.17) is 34.8 Å². The maximum atomic E-state index is 5.81. The van der Waals surface area contributed by atoms with E-state index in [0.717, 1.165) is 5.69 Å². The van der Waals surface area contributed by atoms with Crippen molar-refractivity contribution in [1.82, 2.24) is 14.5 Å². The molecule has 0 aromatic carbocycles. The molecule has 0 spiro atoms. The van der Waals surface area contributed by atoms with Gasteiger partial charge >= 0.3 is 0 Å². The van der Waals surface area contributed by atoms with Crippen molar-refractivity contribution >= 4 is 34.8 Å². The predicted molar refractivity (Wildman–Crippen MR) is 61.5 cm³/mol. The van der Waals surface area contributed by atoms with Crippen LogP contribution in [0, 0.1) is 0 Å². The molecule has 0 N–H and O–H groups in total. The summed E-state index contributed by atoms with van der Waals surface area (Å²) in [4.78, 5) is 8.11. The van der Waals surface area contributed by atoms with E-state index in [-0.39, 0.29) is 15.3 Å². The molecule has 2 heterocycles. The van der Waals surface area contributed by atoms with E-state index in [1.807, 2.05) is 29.9 Å². The largest absolute Gasteiger partial charge is 0.348 e. The molecule has 0 atom stereocenters. The molecule has 0 fully saturated rings. The molecule has 0 saturated heterocycles. The number of aryl methyl sites for hydroxylation is 1. The van der Waals surface area contributed by atoms with Crippen molar-refractivity contribution < 1.29 is 0 Å². The summed E-state index contributed by atoms with van der Waals surface area (Å²) in [6.07, 6.45) is 1.88. The SMILES string of the molecule is Cn1cccc1-c1nc(Cl)c(Cl)c(Cl)n1. The first-order valence-corrected chi connectivity index (χ1v) is 5.23. The predicted octanol–water partition coefficient (Wildman–Crippen LogP) is 3.44. The van der Waals surface area contributed by atoms with E-state index in [1.54, 1.807) is 0 Å². The van der Waals surface area contributed by atoms with Crippen molar-refractivity contribution in [2.24, 2.45) is 7.05 Å². The summed E-state index contributed by atoms with van der Waals surface area (Å²) >= 11 is 17.4. The molecule has 0 aliphatic carbocycles. The molecule has 2 aromatic heterocycles. The molecule has 15 heavy (non-hydrogen) atoms. The van der Waals surface area contributed by atoms with E-state index in [1.165, 1.54) is 0 Å². The van der Waals surface area contributed by atoms with Crippen LogP contribution in [0.4, 0.5) is 0 Å². The van der Waals surface area contributed by atoms with Gasteiger partial charge in [0.1, 0.15) is 5.02 Å². The van der Waals surface area contributed by atoms with Crippen molar-refractivity contribution in [3.05, 3.63) is 33.7 Å². The minimum Gasteiger partial charge on any atom is -0.348 e. The summed E-state index contributed by atoms with van der Waals surface area (Å²) < 4.78 is 1.87. The van der Waals surface area contributed by atoms with E-state index in [2.05, 4.69) is 9.97 Å². The van der Waals surface area contributed by atoms with Crippen molar-refractivity contribution in [3.8, 4) is 11.5 Å². The Bertz CT molecular complexity index is 484. The van der Waals surface area contributed by atoms with Gasteiger partial charge in [0.2, 0.25) is 0 Å². The van der Waals surface area contributed by atoms with Crippen molar-refractivity contribution in [2.45, 2.75) is 0 Å². The third kappa shape index (κ3) is 1.95. The highest BCUT2D eigenvalue weighted by Gasteiger charge is 2.12. The molecule has 0 aliphatic heterocycles. The monoisotopic (exact) mass is 261 g/mol. The lowest BCUT2D eigenvalue weighted by atomic mass is 10.4. The maximum absolute atomic E-state index is 5.81. The fraction of sp³-hybridized carbons (Fsp3) is 0.111. The summed E-state index contributed by atoms with van der Waals surface area (Å²) in [5.74, 6) is 0.460. The van der Waals surface area contributed by atoms with Gasteiger partial charge in [0.25, 0.3) is 0 Å². The van der Waals surface area contributed by atoms with Crippen molar-refractivity contribution in [2.75, 3.05) is 0 Å². The molecule has 0 unspecified atom stereocenters. The zero-order valence-electron chi connectivity index (χ0n) is 7.71. The molecular weight excluding hydrogens is 256 g/mol. The highest BCUT2D eigenvalue weighted by atomic mass is 35.5. The van der Waals surface area contributed by atoms with Crippen LogP contribution in [0.5, 0.6) is 0 Å². The average molecular weight is 263 g/mol. The molecule has 78 valence electrons. The Morgan fingerprint density at radius 3 is 2.20 bits per heavy atom. The number of halogens is 3. The molecule has 6 heteroatoms. The maximum Gasteiger partial charge on any atom is 0.179 e. The van der Waals surface area contributed by atoms with Gasteiger partial charge in [-0.1, -0.05) is 34.8 Å². The van der Waals surface area contributed by atoms with E-state index < -0.39 is 0 Å². The Kier molecular flexibility index (Phi) is 2.87. The molecule has 2 rings (SSSR count). The van der Waals surface area contributed by atoms with E-state index in [0.29, 0.717) is 5.82 Å². The smallest absolute Gasteiger partial charge is 0.179 e. The fourth-order valence-corrected chi connectivity index (χ4v) is 1.67. The number of aromatic nitrogens is 3.